The highest BCUT2D eigenvalue weighted by Gasteiger charge is 2.29. The van der Waals surface area contributed by atoms with Crippen molar-refractivity contribution < 1.29 is 9.13 Å². The van der Waals surface area contributed by atoms with Crippen LogP contribution >= 0.6 is 11.3 Å². The van der Waals surface area contributed by atoms with Gasteiger partial charge in [0.2, 0.25) is 0 Å². The van der Waals surface area contributed by atoms with E-state index in [0.29, 0.717) is 11.4 Å². The molecule has 1 aromatic heterocycles. The normalized spacial score (nSPS) is 16.8. The molecule has 1 N–H and O–H groups in total. The quantitative estimate of drug-likeness (QED) is 0.661. The maximum atomic E-state index is 14.4. The molecule has 0 atom stereocenters. The zero-order chi connectivity index (χ0) is 19.3. The molecule has 5 nitrogen and oxygen atoms in total. The summed E-state index contributed by atoms with van der Waals surface area (Å²) in [5.41, 5.74) is 2.36. The zero-order valence-corrected chi connectivity index (χ0v) is 16.6. The molecule has 7 heteroatoms. The standard InChI is InChI=1S/C21H21FN4OS/c1-25-9-11-26(12-10-25)20-17-13-5-3-4-6-16(13)28-21(17)24-18-15(23-20)8-7-14(22)19(18)27-2/h3-8,24H,9-12H2,1-2H3. The van der Waals surface area contributed by atoms with Gasteiger partial charge in [0.05, 0.1) is 18.4 Å². The molecule has 3 heterocycles. The lowest BCUT2D eigenvalue weighted by Crippen LogP contribution is -2.47. The smallest absolute Gasteiger partial charge is 0.180 e. The number of ether oxygens (including phenoxy) is 1. The molecule has 1 fully saturated rings. The summed E-state index contributed by atoms with van der Waals surface area (Å²) in [4.78, 5) is 9.69. The Morgan fingerprint density at radius 2 is 1.89 bits per heavy atom. The SMILES string of the molecule is COc1c(F)ccc2c1Nc1sc3ccccc3c1C(N1CCN(C)CC1)=N2. The summed E-state index contributed by atoms with van der Waals surface area (Å²) in [6, 6.07) is 11.5. The van der Waals surface area contributed by atoms with Gasteiger partial charge in [-0.1, -0.05) is 18.2 Å². The zero-order valence-electron chi connectivity index (χ0n) is 15.8. The van der Waals surface area contributed by atoms with Crippen molar-refractivity contribution >= 4 is 43.6 Å². The van der Waals surface area contributed by atoms with Gasteiger partial charge in [0.15, 0.2) is 11.6 Å². The van der Waals surface area contributed by atoms with Gasteiger partial charge in [-0.3, -0.25) is 0 Å². The molecule has 0 aliphatic carbocycles. The number of benzene rings is 2. The first-order valence-electron chi connectivity index (χ1n) is 9.33. The number of nitrogens with one attached hydrogen (secondary N) is 1. The highest BCUT2D eigenvalue weighted by Crippen LogP contribution is 2.47. The van der Waals surface area contributed by atoms with E-state index in [2.05, 4.69) is 40.4 Å². The number of hydrogen-bond acceptors (Lipinski definition) is 6. The van der Waals surface area contributed by atoms with E-state index in [1.807, 2.05) is 6.07 Å². The van der Waals surface area contributed by atoms with E-state index in [4.69, 9.17) is 9.73 Å². The Labute approximate surface area is 167 Å². The van der Waals surface area contributed by atoms with Crippen LogP contribution in [0, 0.1) is 5.82 Å². The van der Waals surface area contributed by atoms with E-state index in [0.717, 1.165) is 42.6 Å². The van der Waals surface area contributed by atoms with Gasteiger partial charge < -0.3 is 19.9 Å². The van der Waals surface area contributed by atoms with Crippen molar-refractivity contribution in [1.29, 1.82) is 0 Å². The molecule has 0 spiro atoms. The van der Waals surface area contributed by atoms with Gasteiger partial charge in [-0.05, 0) is 25.2 Å². The fourth-order valence-corrected chi connectivity index (χ4v) is 4.95. The summed E-state index contributed by atoms with van der Waals surface area (Å²) in [5.74, 6) is 0.749. The minimum atomic E-state index is -0.394. The Balaban J connectivity index is 1.75. The second-order valence-electron chi connectivity index (χ2n) is 7.13. The Bertz CT molecular complexity index is 1090. The maximum absolute atomic E-state index is 14.4. The number of anilines is 2. The van der Waals surface area contributed by atoms with Crippen LogP contribution in [0.2, 0.25) is 0 Å². The molecule has 0 bridgehead atoms. The van der Waals surface area contributed by atoms with Crippen molar-refractivity contribution in [3.05, 3.63) is 47.8 Å². The summed E-state index contributed by atoms with van der Waals surface area (Å²) in [5, 5.41) is 5.57. The van der Waals surface area contributed by atoms with Gasteiger partial charge in [-0.25, -0.2) is 9.38 Å². The molecule has 0 amide bonds. The summed E-state index contributed by atoms with van der Waals surface area (Å²) >= 11 is 1.66. The molecular formula is C21H21FN4OS. The number of aliphatic imine (C=N–C) groups is 1. The lowest BCUT2D eigenvalue weighted by Gasteiger charge is -2.34. The molecule has 0 saturated carbocycles. The summed E-state index contributed by atoms with van der Waals surface area (Å²) < 4.78 is 20.9. The topological polar surface area (TPSA) is 40.1 Å². The molecule has 144 valence electrons. The number of halogens is 1. The van der Waals surface area contributed by atoms with Gasteiger partial charge in [-0.2, -0.15) is 0 Å². The Morgan fingerprint density at radius 1 is 1.11 bits per heavy atom. The Morgan fingerprint density at radius 3 is 2.68 bits per heavy atom. The minimum Gasteiger partial charge on any atom is -0.492 e. The molecule has 3 aromatic rings. The van der Waals surface area contributed by atoms with Crippen LogP contribution < -0.4 is 10.1 Å². The van der Waals surface area contributed by atoms with Gasteiger partial charge in [0.1, 0.15) is 16.5 Å². The number of fused-ring (bicyclic) bond motifs is 4. The fourth-order valence-electron chi connectivity index (χ4n) is 3.85. The van der Waals surface area contributed by atoms with Gasteiger partial charge >= 0.3 is 0 Å². The van der Waals surface area contributed by atoms with Crippen LogP contribution in [0.1, 0.15) is 5.56 Å². The van der Waals surface area contributed by atoms with E-state index < -0.39 is 5.82 Å². The van der Waals surface area contributed by atoms with Crippen LogP contribution in [0.5, 0.6) is 5.75 Å². The van der Waals surface area contributed by atoms with Crippen LogP contribution in [-0.4, -0.2) is 56.0 Å². The first-order valence-corrected chi connectivity index (χ1v) is 10.1. The van der Waals surface area contributed by atoms with Crippen molar-refractivity contribution in [1.82, 2.24) is 9.80 Å². The maximum Gasteiger partial charge on any atom is 0.180 e. The first-order chi connectivity index (χ1) is 13.7. The monoisotopic (exact) mass is 396 g/mol. The van der Waals surface area contributed by atoms with E-state index >= 15 is 0 Å². The summed E-state index contributed by atoms with van der Waals surface area (Å²) in [6.45, 7) is 3.80. The van der Waals surface area contributed by atoms with Crippen molar-refractivity contribution in [2.24, 2.45) is 4.99 Å². The molecule has 0 unspecified atom stereocenters. The second kappa shape index (κ2) is 6.76. The third-order valence-electron chi connectivity index (χ3n) is 5.38. The first kappa shape index (κ1) is 17.5. The van der Waals surface area contributed by atoms with Crippen molar-refractivity contribution in [3.8, 4) is 5.75 Å². The Kier molecular flexibility index (Phi) is 4.21. The number of hydrogen-bond donors (Lipinski definition) is 1. The van der Waals surface area contributed by atoms with Crippen molar-refractivity contribution in [2.75, 3.05) is 45.7 Å². The average Bonchev–Trinajstić information content (AvgIpc) is 2.98. The van der Waals surface area contributed by atoms with Crippen LogP contribution in [0.3, 0.4) is 0 Å². The van der Waals surface area contributed by atoms with E-state index in [-0.39, 0.29) is 5.75 Å². The van der Waals surface area contributed by atoms with E-state index in [1.54, 1.807) is 17.4 Å². The van der Waals surface area contributed by atoms with E-state index in [1.165, 1.54) is 23.3 Å². The predicted molar refractivity (Wildman–Crippen MR) is 113 cm³/mol. The number of piperazine rings is 1. The molecular weight excluding hydrogens is 375 g/mol. The van der Waals surface area contributed by atoms with Gasteiger partial charge in [-0.15, -0.1) is 11.3 Å². The molecule has 0 radical (unpaired) electrons. The van der Waals surface area contributed by atoms with Crippen LogP contribution in [0.4, 0.5) is 20.8 Å². The molecule has 2 aromatic carbocycles. The van der Waals surface area contributed by atoms with Gasteiger partial charge in [0, 0.05) is 36.3 Å². The second-order valence-corrected chi connectivity index (χ2v) is 8.18. The highest BCUT2D eigenvalue weighted by atomic mass is 32.1. The number of likely N-dealkylation sites (N-methyl/N-ethyl adjacent to an activating group) is 1. The molecule has 2 aliphatic rings. The number of methoxy groups -OCH3 is 1. The lowest BCUT2D eigenvalue weighted by atomic mass is 10.1. The largest absolute Gasteiger partial charge is 0.492 e. The predicted octanol–water partition coefficient (Wildman–Crippen LogP) is 4.43. The summed E-state index contributed by atoms with van der Waals surface area (Å²) in [6.07, 6.45) is 0. The van der Waals surface area contributed by atoms with Gasteiger partial charge in [0.25, 0.3) is 0 Å². The molecule has 28 heavy (non-hydrogen) atoms. The third-order valence-corrected chi connectivity index (χ3v) is 6.46. The van der Waals surface area contributed by atoms with E-state index in [9.17, 15) is 4.39 Å². The van der Waals surface area contributed by atoms with Crippen LogP contribution in [0.15, 0.2) is 41.4 Å². The number of amidine groups is 1. The number of thiophene rings is 1. The lowest BCUT2D eigenvalue weighted by molar-refractivity contribution is 0.216. The molecule has 2 aliphatic heterocycles. The minimum absolute atomic E-state index is 0.198. The fraction of sp³-hybridized carbons (Fsp3) is 0.286. The average molecular weight is 396 g/mol. The number of nitrogens with zero attached hydrogens (tertiary/aromatic N) is 3. The Hall–Kier alpha value is -2.64. The third kappa shape index (κ3) is 2.73. The van der Waals surface area contributed by atoms with Crippen molar-refractivity contribution in [2.45, 2.75) is 0 Å². The van der Waals surface area contributed by atoms with Crippen molar-refractivity contribution in [3.63, 3.8) is 0 Å². The molecule has 1 saturated heterocycles. The molecule has 5 rings (SSSR count). The van der Waals surface area contributed by atoms with Crippen LogP contribution in [0.25, 0.3) is 10.1 Å². The highest BCUT2D eigenvalue weighted by molar-refractivity contribution is 7.23. The number of rotatable bonds is 1. The summed E-state index contributed by atoms with van der Waals surface area (Å²) in [7, 11) is 3.63. The van der Waals surface area contributed by atoms with Crippen LogP contribution in [-0.2, 0) is 0 Å².